The summed E-state index contributed by atoms with van der Waals surface area (Å²) in [5, 5.41) is 2.77. The van der Waals surface area contributed by atoms with Crippen molar-refractivity contribution in [3.05, 3.63) is 53.6 Å². The first kappa shape index (κ1) is 23.3. The van der Waals surface area contributed by atoms with Gasteiger partial charge in [-0.1, -0.05) is 26.0 Å². The lowest BCUT2D eigenvalue weighted by atomic mass is 10.0. The number of nitrogens with one attached hydrogen (secondary N) is 1. The number of hydrogen-bond donors (Lipinski definition) is 1. The zero-order chi connectivity index (χ0) is 24.4. The zero-order valence-electron chi connectivity index (χ0n) is 19.4. The van der Waals surface area contributed by atoms with Crippen LogP contribution in [0.15, 0.2) is 42.5 Å². The van der Waals surface area contributed by atoms with Crippen molar-refractivity contribution in [3.8, 4) is 11.5 Å². The van der Waals surface area contributed by atoms with Gasteiger partial charge in [-0.25, -0.2) is 0 Å². The Morgan fingerprint density at radius 2 is 1.62 bits per heavy atom. The summed E-state index contributed by atoms with van der Waals surface area (Å²) < 4.78 is 11.0. The molecule has 0 aliphatic carbocycles. The monoisotopic (exact) mass is 465 g/mol. The van der Waals surface area contributed by atoms with Crippen LogP contribution in [0.4, 0.5) is 5.69 Å². The predicted molar refractivity (Wildman–Crippen MR) is 124 cm³/mol. The summed E-state index contributed by atoms with van der Waals surface area (Å²) in [5.41, 5.74) is 1.08. The van der Waals surface area contributed by atoms with E-state index < -0.39 is 29.7 Å². The number of benzene rings is 2. The van der Waals surface area contributed by atoms with E-state index in [1.807, 2.05) is 0 Å². The van der Waals surface area contributed by atoms with E-state index >= 15 is 0 Å². The summed E-state index contributed by atoms with van der Waals surface area (Å²) >= 11 is 0. The van der Waals surface area contributed by atoms with E-state index in [0.29, 0.717) is 30.4 Å². The minimum Gasteiger partial charge on any atom is -0.486 e. The molecule has 0 bridgehead atoms. The standard InChI is InChI=1S/C25H27N3O6/c1-4-27(14-21(29)26-16-9-10-19-20(13-16)34-12-11-33-19)25(32)22(15(2)3)28-23(30)17-7-5-6-8-18(17)24(28)31/h5-10,13,15,22H,4,11-12,14H2,1-3H3,(H,26,29). The van der Waals surface area contributed by atoms with Gasteiger partial charge in [0.2, 0.25) is 11.8 Å². The fraction of sp³-hybridized carbons (Fsp3) is 0.360. The second kappa shape index (κ2) is 9.54. The topological polar surface area (TPSA) is 105 Å². The molecule has 9 heteroatoms. The van der Waals surface area contributed by atoms with Crippen LogP contribution in [0.5, 0.6) is 11.5 Å². The van der Waals surface area contributed by atoms with Crippen LogP contribution in [-0.4, -0.2) is 65.8 Å². The molecule has 0 aromatic heterocycles. The lowest BCUT2D eigenvalue weighted by Gasteiger charge is -2.33. The van der Waals surface area contributed by atoms with Gasteiger partial charge in [-0.15, -0.1) is 0 Å². The highest BCUT2D eigenvalue weighted by Crippen LogP contribution is 2.32. The molecule has 9 nitrogen and oxygen atoms in total. The molecule has 2 aliphatic rings. The van der Waals surface area contributed by atoms with Crippen LogP contribution in [0, 0.1) is 5.92 Å². The lowest BCUT2D eigenvalue weighted by molar-refractivity contribution is -0.139. The molecule has 34 heavy (non-hydrogen) atoms. The predicted octanol–water partition coefficient (Wildman–Crippen LogP) is 2.57. The van der Waals surface area contributed by atoms with E-state index in [-0.39, 0.29) is 30.1 Å². The van der Waals surface area contributed by atoms with Crippen LogP contribution < -0.4 is 14.8 Å². The van der Waals surface area contributed by atoms with Crippen molar-refractivity contribution in [2.75, 3.05) is 31.6 Å². The van der Waals surface area contributed by atoms with Gasteiger partial charge in [-0.05, 0) is 37.1 Å². The Morgan fingerprint density at radius 1 is 1.00 bits per heavy atom. The maximum absolute atomic E-state index is 13.5. The molecule has 1 unspecified atom stereocenters. The van der Waals surface area contributed by atoms with Crippen LogP contribution in [-0.2, 0) is 9.59 Å². The minimum absolute atomic E-state index is 0.226. The number of carbonyl (C=O) groups excluding carboxylic acids is 4. The Bertz CT molecular complexity index is 1110. The number of amides is 4. The summed E-state index contributed by atoms with van der Waals surface area (Å²) in [6.07, 6.45) is 0. The van der Waals surface area contributed by atoms with E-state index in [4.69, 9.17) is 9.47 Å². The minimum atomic E-state index is -1.02. The van der Waals surface area contributed by atoms with Crippen molar-refractivity contribution in [2.45, 2.75) is 26.8 Å². The molecule has 0 radical (unpaired) electrons. The van der Waals surface area contributed by atoms with Crippen LogP contribution in [0.2, 0.25) is 0 Å². The van der Waals surface area contributed by atoms with E-state index in [0.717, 1.165) is 4.90 Å². The van der Waals surface area contributed by atoms with Crippen LogP contribution in [0.25, 0.3) is 0 Å². The highest BCUT2D eigenvalue weighted by Gasteiger charge is 2.45. The van der Waals surface area contributed by atoms with E-state index in [1.54, 1.807) is 63.2 Å². The number of nitrogens with zero attached hydrogens (tertiary/aromatic N) is 2. The molecule has 0 spiro atoms. The highest BCUT2D eigenvalue weighted by atomic mass is 16.6. The van der Waals surface area contributed by atoms with E-state index in [2.05, 4.69) is 5.32 Å². The van der Waals surface area contributed by atoms with Crippen LogP contribution in [0.1, 0.15) is 41.5 Å². The first-order chi connectivity index (χ1) is 16.3. The average molecular weight is 466 g/mol. The third-order valence-electron chi connectivity index (χ3n) is 5.84. The molecule has 1 N–H and O–H groups in total. The first-order valence-corrected chi connectivity index (χ1v) is 11.3. The molecule has 0 saturated carbocycles. The molecule has 2 heterocycles. The van der Waals surface area contributed by atoms with Gasteiger partial charge in [0.1, 0.15) is 19.3 Å². The SMILES string of the molecule is CCN(CC(=O)Nc1ccc2c(c1)OCCO2)C(=O)C(C(C)C)N1C(=O)c2ccccc2C1=O. The van der Waals surface area contributed by atoms with Crippen molar-refractivity contribution in [2.24, 2.45) is 5.92 Å². The molecular weight excluding hydrogens is 438 g/mol. The Morgan fingerprint density at radius 3 is 2.21 bits per heavy atom. The third kappa shape index (κ3) is 4.33. The smallest absolute Gasteiger partial charge is 0.262 e. The first-order valence-electron chi connectivity index (χ1n) is 11.3. The molecule has 2 aromatic rings. The van der Waals surface area contributed by atoms with Gasteiger partial charge in [0.15, 0.2) is 11.5 Å². The molecule has 4 amide bonds. The largest absolute Gasteiger partial charge is 0.486 e. The van der Waals surface area contributed by atoms with Crippen molar-refractivity contribution >= 4 is 29.3 Å². The number of fused-ring (bicyclic) bond motifs is 2. The van der Waals surface area contributed by atoms with Gasteiger partial charge in [-0.2, -0.15) is 0 Å². The number of carbonyl (C=O) groups is 4. The summed E-state index contributed by atoms with van der Waals surface area (Å²) in [5.74, 6) is -1.05. The fourth-order valence-corrected chi connectivity index (χ4v) is 4.18. The third-order valence-corrected chi connectivity index (χ3v) is 5.84. The normalized spacial score (nSPS) is 15.2. The van der Waals surface area contributed by atoms with Crippen molar-refractivity contribution in [1.82, 2.24) is 9.80 Å². The van der Waals surface area contributed by atoms with Gasteiger partial charge >= 0.3 is 0 Å². The Labute approximate surface area is 197 Å². The number of ether oxygens (including phenoxy) is 2. The van der Waals surface area contributed by atoms with Gasteiger partial charge < -0.3 is 19.7 Å². The number of likely N-dealkylation sites (N-methyl/N-ethyl adjacent to an activating group) is 1. The Balaban J connectivity index is 1.49. The Hall–Kier alpha value is -3.88. The molecule has 0 fully saturated rings. The number of imide groups is 1. The summed E-state index contributed by atoms with van der Waals surface area (Å²) in [7, 11) is 0. The number of anilines is 1. The fourth-order valence-electron chi connectivity index (χ4n) is 4.18. The molecule has 178 valence electrons. The van der Waals surface area contributed by atoms with Gasteiger partial charge in [0.25, 0.3) is 11.8 Å². The second-order valence-electron chi connectivity index (χ2n) is 8.47. The lowest BCUT2D eigenvalue weighted by Crippen LogP contribution is -2.54. The van der Waals surface area contributed by atoms with E-state index in [1.165, 1.54) is 4.90 Å². The summed E-state index contributed by atoms with van der Waals surface area (Å²) in [6, 6.07) is 10.6. The molecular formula is C25H27N3O6. The van der Waals surface area contributed by atoms with Crippen molar-refractivity contribution in [1.29, 1.82) is 0 Å². The van der Waals surface area contributed by atoms with Crippen LogP contribution >= 0.6 is 0 Å². The van der Waals surface area contributed by atoms with Gasteiger partial charge in [0, 0.05) is 18.3 Å². The zero-order valence-corrected chi connectivity index (χ0v) is 19.4. The Kier molecular flexibility index (Phi) is 6.54. The van der Waals surface area contributed by atoms with Gasteiger partial charge in [-0.3, -0.25) is 24.1 Å². The molecule has 2 aliphatic heterocycles. The molecule has 4 rings (SSSR count). The molecule has 2 aromatic carbocycles. The average Bonchev–Trinajstić information content (AvgIpc) is 3.07. The number of hydrogen-bond acceptors (Lipinski definition) is 6. The second-order valence-corrected chi connectivity index (χ2v) is 8.47. The maximum Gasteiger partial charge on any atom is 0.262 e. The summed E-state index contributed by atoms with van der Waals surface area (Å²) in [4.78, 5) is 54.6. The number of rotatable bonds is 7. The highest BCUT2D eigenvalue weighted by molar-refractivity contribution is 6.23. The quantitative estimate of drug-likeness (QED) is 0.630. The maximum atomic E-state index is 13.5. The van der Waals surface area contributed by atoms with Crippen molar-refractivity contribution in [3.63, 3.8) is 0 Å². The molecule has 1 atom stereocenters. The van der Waals surface area contributed by atoms with Crippen LogP contribution in [0.3, 0.4) is 0 Å². The van der Waals surface area contributed by atoms with Crippen molar-refractivity contribution < 1.29 is 28.7 Å². The van der Waals surface area contributed by atoms with E-state index in [9.17, 15) is 19.2 Å². The summed E-state index contributed by atoms with van der Waals surface area (Å²) in [6.45, 7) is 6.20. The molecule has 0 saturated heterocycles. The van der Waals surface area contributed by atoms with Gasteiger partial charge in [0.05, 0.1) is 17.7 Å².